The van der Waals surface area contributed by atoms with Crippen molar-refractivity contribution in [2.75, 3.05) is 19.7 Å². The number of hydrogen-bond acceptors (Lipinski definition) is 3. The minimum atomic E-state index is -0.0328. The monoisotopic (exact) mass is 298 g/mol. The van der Waals surface area contributed by atoms with E-state index in [9.17, 15) is 4.79 Å². The summed E-state index contributed by atoms with van der Waals surface area (Å²) in [7, 11) is 0. The van der Waals surface area contributed by atoms with Crippen LogP contribution in [0.25, 0.3) is 0 Å². The molecule has 1 aliphatic heterocycles. The number of carbonyl (C=O) groups excluding carboxylic acids is 1. The standard InChI is InChI=1S/C15H22N2O2.ClH/c1-11-4-3-5-12(2)15(11)19-10-14(18)17-13-6-8-16-9-7-13;/h3-5,13,16H,6-10H2,1-2H3,(H,17,18);1H. The minimum Gasteiger partial charge on any atom is -0.483 e. The van der Waals surface area contributed by atoms with Gasteiger partial charge in [-0.3, -0.25) is 4.79 Å². The molecule has 0 aliphatic carbocycles. The molecule has 0 saturated carbocycles. The van der Waals surface area contributed by atoms with Gasteiger partial charge in [0.15, 0.2) is 6.61 Å². The average molecular weight is 299 g/mol. The molecule has 0 unspecified atom stereocenters. The Morgan fingerprint density at radius 1 is 1.30 bits per heavy atom. The summed E-state index contributed by atoms with van der Waals surface area (Å²) in [5.41, 5.74) is 2.13. The molecular formula is C15H23ClN2O2. The van der Waals surface area contributed by atoms with Crippen molar-refractivity contribution in [3.63, 3.8) is 0 Å². The van der Waals surface area contributed by atoms with E-state index in [4.69, 9.17) is 4.74 Å². The Hall–Kier alpha value is -1.26. The summed E-state index contributed by atoms with van der Waals surface area (Å²) >= 11 is 0. The molecule has 1 aromatic carbocycles. The van der Waals surface area contributed by atoms with Crippen LogP contribution in [0.4, 0.5) is 0 Å². The number of halogens is 1. The Bertz CT molecular complexity index is 425. The number of carbonyl (C=O) groups is 1. The highest BCUT2D eigenvalue weighted by Gasteiger charge is 2.15. The van der Waals surface area contributed by atoms with Gasteiger partial charge in [0, 0.05) is 6.04 Å². The van der Waals surface area contributed by atoms with Gasteiger partial charge in [0.2, 0.25) is 0 Å². The zero-order chi connectivity index (χ0) is 13.7. The van der Waals surface area contributed by atoms with Crippen molar-refractivity contribution in [3.8, 4) is 5.75 Å². The second-order valence-electron chi connectivity index (χ2n) is 5.10. The minimum absolute atomic E-state index is 0. The topological polar surface area (TPSA) is 50.4 Å². The summed E-state index contributed by atoms with van der Waals surface area (Å²) in [6, 6.07) is 6.27. The summed E-state index contributed by atoms with van der Waals surface area (Å²) in [4.78, 5) is 11.9. The highest BCUT2D eigenvalue weighted by Crippen LogP contribution is 2.22. The van der Waals surface area contributed by atoms with E-state index in [0.29, 0.717) is 0 Å². The fourth-order valence-corrected chi connectivity index (χ4v) is 2.40. The molecule has 0 spiro atoms. The molecule has 4 nitrogen and oxygen atoms in total. The van der Waals surface area contributed by atoms with Crippen LogP contribution in [-0.2, 0) is 4.79 Å². The number of nitrogens with one attached hydrogen (secondary N) is 2. The molecule has 1 aromatic rings. The first kappa shape index (κ1) is 16.8. The zero-order valence-electron chi connectivity index (χ0n) is 12.1. The van der Waals surface area contributed by atoms with Gasteiger partial charge >= 0.3 is 0 Å². The van der Waals surface area contributed by atoms with Crippen LogP contribution in [0, 0.1) is 13.8 Å². The van der Waals surface area contributed by atoms with Crippen LogP contribution in [0.5, 0.6) is 5.75 Å². The number of ether oxygens (including phenoxy) is 1. The molecule has 1 amide bonds. The van der Waals surface area contributed by atoms with E-state index >= 15 is 0 Å². The lowest BCUT2D eigenvalue weighted by Crippen LogP contribution is -2.44. The Morgan fingerprint density at radius 2 is 1.90 bits per heavy atom. The van der Waals surface area contributed by atoms with E-state index < -0.39 is 0 Å². The third kappa shape index (κ3) is 4.69. The Balaban J connectivity index is 0.00000200. The summed E-state index contributed by atoms with van der Waals surface area (Å²) in [5.74, 6) is 0.789. The van der Waals surface area contributed by atoms with Crippen LogP contribution in [0.1, 0.15) is 24.0 Å². The van der Waals surface area contributed by atoms with Crippen LogP contribution < -0.4 is 15.4 Å². The molecule has 0 aromatic heterocycles. The number of hydrogen-bond donors (Lipinski definition) is 2. The SMILES string of the molecule is Cc1cccc(C)c1OCC(=O)NC1CCNCC1.Cl. The van der Waals surface area contributed by atoms with Crippen molar-refractivity contribution in [2.45, 2.75) is 32.7 Å². The number of rotatable bonds is 4. The van der Waals surface area contributed by atoms with Crippen LogP contribution in [0.2, 0.25) is 0 Å². The smallest absolute Gasteiger partial charge is 0.258 e. The molecule has 20 heavy (non-hydrogen) atoms. The number of amides is 1. The Kier molecular flexibility index (Phi) is 6.82. The second kappa shape index (κ2) is 8.12. The van der Waals surface area contributed by atoms with E-state index in [2.05, 4.69) is 10.6 Å². The van der Waals surface area contributed by atoms with Gasteiger partial charge in [0.25, 0.3) is 5.91 Å². The lowest BCUT2D eigenvalue weighted by atomic mass is 10.1. The second-order valence-corrected chi connectivity index (χ2v) is 5.10. The van der Waals surface area contributed by atoms with Crippen molar-refractivity contribution in [1.82, 2.24) is 10.6 Å². The predicted molar refractivity (Wildman–Crippen MR) is 82.7 cm³/mol. The van der Waals surface area contributed by atoms with E-state index in [-0.39, 0.29) is 31.0 Å². The van der Waals surface area contributed by atoms with Crippen molar-refractivity contribution >= 4 is 18.3 Å². The largest absolute Gasteiger partial charge is 0.483 e. The van der Waals surface area contributed by atoms with Gasteiger partial charge in [-0.15, -0.1) is 12.4 Å². The van der Waals surface area contributed by atoms with Gasteiger partial charge in [-0.05, 0) is 50.9 Å². The first-order valence-corrected chi connectivity index (χ1v) is 6.86. The van der Waals surface area contributed by atoms with Gasteiger partial charge in [-0.1, -0.05) is 18.2 Å². The number of benzene rings is 1. The van der Waals surface area contributed by atoms with Gasteiger partial charge in [0.05, 0.1) is 0 Å². The average Bonchev–Trinajstić information content (AvgIpc) is 2.39. The van der Waals surface area contributed by atoms with E-state index in [1.165, 1.54) is 0 Å². The van der Waals surface area contributed by atoms with E-state index in [0.717, 1.165) is 42.8 Å². The van der Waals surface area contributed by atoms with Gasteiger partial charge in [-0.25, -0.2) is 0 Å². The third-order valence-corrected chi connectivity index (χ3v) is 3.46. The van der Waals surface area contributed by atoms with E-state index in [1.807, 2.05) is 32.0 Å². The lowest BCUT2D eigenvalue weighted by molar-refractivity contribution is -0.124. The first-order chi connectivity index (χ1) is 9.16. The van der Waals surface area contributed by atoms with Gasteiger partial charge in [0.1, 0.15) is 5.75 Å². The Labute approximate surface area is 126 Å². The normalized spacial score (nSPS) is 15.3. The summed E-state index contributed by atoms with van der Waals surface area (Å²) in [6.07, 6.45) is 1.99. The Morgan fingerprint density at radius 3 is 2.50 bits per heavy atom. The number of aryl methyl sites for hydroxylation is 2. The molecule has 2 rings (SSSR count). The van der Waals surface area contributed by atoms with Crippen molar-refractivity contribution in [1.29, 1.82) is 0 Å². The van der Waals surface area contributed by atoms with Gasteiger partial charge in [-0.2, -0.15) is 0 Å². The molecule has 5 heteroatoms. The highest BCUT2D eigenvalue weighted by atomic mass is 35.5. The number of para-hydroxylation sites is 1. The summed E-state index contributed by atoms with van der Waals surface area (Å²) < 4.78 is 5.64. The molecule has 2 N–H and O–H groups in total. The molecule has 1 fully saturated rings. The molecule has 0 atom stereocenters. The van der Waals surface area contributed by atoms with Crippen molar-refractivity contribution in [2.24, 2.45) is 0 Å². The van der Waals surface area contributed by atoms with Crippen LogP contribution in [-0.4, -0.2) is 31.6 Å². The van der Waals surface area contributed by atoms with Gasteiger partial charge < -0.3 is 15.4 Å². The molecule has 0 radical (unpaired) electrons. The molecule has 112 valence electrons. The first-order valence-electron chi connectivity index (χ1n) is 6.86. The summed E-state index contributed by atoms with van der Waals surface area (Å²) in [5, 5.41) is 6.30. The lowest BCUT2D eigenvalue weighted by Gasteiger charge is -2.23. The molecular weight excluding hydrogens is 276 g/mol. The quantitative estimate of drug-likeness (QED) is 0.893. The van der Waals surface area contributed by atoms with Crippen LogP contribution in [0.3, 0.4) is 0 Å². The van der Waals surface area contributed by atoms with Crippen molar-refractivity contribution < 1.29 is 9.53 Å². The molecule has 1 aliphatic rings. The van der Waals surface area contributed by atoms with Crippen molar-refractivity contribution in [3.05, 3.63) is 29.3 Å². The highest BCUT2D eigenvalue weighted by molar-refractivity contribution is 5.85. The zero-order valence-corrected chi connectivity index (χ0v) is 12.9. The molecule has 1 heterocycles. The maximum atomic E-state index is 11.9. The maximum Gasteiger partial charge on any atom is 0.258 e. The fraction of sp³-hybridized carbons (Fsp3) is 0.533. The fourth-order valence-electron chi connectivity index (χ4n) is 2.40. The van der Waals surface area contributed by atoms with Crippen LogP contribution in [0.15, 0.2) is 18.2 Å². The molecule has 1 saturated heterocycles. The molecule has 0 bridgehead atoms. The predicted octanol–water partition coefficient (Wildman–Crippen LogP) is 1.97. The summed E-state index contributed by atoms with van der Waals surface area (Å²) in [6.45, 7) is 6.03. The number of piperidine rings is 1. The van der Waals surface area contributed by atoms with Crippen LogP contribution >= 0.6 is 12.4 Å². The third-order valence-electron chi connectivity index (χ3n) is 3.46. The maximum absolute atomic E-state index is 11.9. The van der Waals surface area contributed by atoms with E-state index in [1.54, 1.807) is 0 Å².